The summed E-state index contributed by atoms with van der Waals surface area (Å²) in [5, 5.41) is 18.8. The number of hydrogen-bond donors (Lipinski definition) is 3. The molecular weight excluding hydrogens is 888 g/mol. The van der Waals surface area contributed by atoms with Gasteiger partial charge in [-0.2, -0.15) is 5.26 Å². The fourth-order valence-corrected chi connectivity index (χ4v) is 10.6. The molecule has 0 unspecified atom stereocenters. The lowest BCUT2D eigenvalue weighted by Crippen LogP contribution is -2.74. The Morgan fingerprint density at radius 1 is 0.940 bits per heavy atom. The zero-order valence-corrected chi connectivity index (χ0v) is 41.7. The lowest BCUT2D eigenvalue weighted by atomic mass is 9.49. The van der Waals surface area contributed by atoms with Crippen molar-refractivity contribution < 1.29 is 33.4 Å². The third kappa shape index (κ3) is 12.2. The Hall–Kier alpha value is -5.49. The molecule has 67 heavy (non-hydrogen) atoms. The number of rotatable bonds is 19. The number of carbonyl (C=O) groups is 4. The summed E-state index contributed by atoms with van der Waals surface area (Å²) in [6, 6.07) is 20.4. The van der Waals surface area contributed by atoms with Crippen LogP contribution in [0, 0.1) is 34.5 Å². The molecule has 3 aromatic carbocycles. The van der Waals surface area contributed by atoms with Crippen molar-refractivity contribution in [3.05, 3.63) is 99.6 Å². The van der Waals surface area contributed by atoms with Gasteiger partial charge in [-0.3, -0.25) is 19.2 Å². The van der Waals surface area contributed by atoms with Crippen LogP contribution in [-0.4, -0.2) is 84.1 Å². The molecule has 358 valence electrons. The fraction of sp³-hybridized carbons (Fsp3) is 0.500. The number of aryl methyl sites for hydroxylation is 1. The maximum Gasteiger partial charge on any atom is 0.251 e. The van der Waals surface area contributed by atoms with Gasteiger partial charge in [0.25, 0.3) is 5.91 Å². The molecule has 2 heterocycles. The highest BCUT2D eigenvalue weighted by Crippen LogP contribution is 2.55. The van der Waals surface area contributed by atoms with Crippen molar-refractivity contribution in [3.8, 4) is 28.0 Å². The van der Waals surface area contributed by atoms with E-state index in [1.165, 1.54) is 0 Å². The summed E-state index contributed by atoms with van der Waals surface area (Å²) < 4.78 is 18.0. The predicted octanol–water partition coefficient (Wildman–Crippen LogP) is 9.22. The van der Waals surface area contributed by atoms with E-state index in [-0.39, 0.29) is 59.3 Å². The van der Waals surface area contributed by atoms with Crippen LogP contribution >= 0.6 is 22.9 Å². The van der Waals surface area contributed by atoms with Crippen LogP contribution in [0.4, 0.5) is 0 Å². The Labute approximate surface area is 404 Å². The molecule has 1 saturated carbocycles. The molecule has 4 amide bonds. The number of nitrogens with zero attached hydrogens (tertiary/aromatic N) is 3. The molecule has 2 aliphatic rings. The molecule has 2 fully saturated rings. The number of nitrogens with one attached hydrogen (secondary N) is 3. The Bertz CT molecular complexity index is 2410. The third-order valence-corrected chi connectivity index (χ3v) is 14.3. The molecule has 0 bridgehead atoms. The quantitative estimate of drug-likeness (QED) is 0.0775. The molecule has 3 N–H and O–H groups in total. The highest BCUT2D eigenvalue weighted by molar-refractivity contribution is 7.13. The second-order valence-corrected chi connectivity index (χ2v) is 21.2. The maximum absolute atomic E-state index is 14.0. The van der Waals surface area contributed by atoms with Crippen molar-refractivity contribution in [2.24, 2.45) is 16.2 Å². The lowest BCUT2D eigenvalue weighted by Gasteiger charge is -2.63. The van der Waals surface area contributed by atoms with Gasteiger partial charge in [0.15, 0.2) is 0 Å². The van der Waals surface area contributed by atoms with Crippen molar-refractivity contribution in [1.29, 1.82) is 5.26 Å². The van der Waals surface area contributed by atoms with E-state index in [0.29, 0.717) is 60.2 Å². The Balaban J connectivity index is 0.876. The van der Waals surface area contributed by atoms with Gasteiger partial charge in [-0.1, -0.05) is 84.3 Å². The zero-order valence-electron chi connectivity index (χ0n) is 40.2. The molecule has 3 atom stereocenters. The van der Waals surface area contributed by atoms with Gasteiger partial charge < -0.3 is 35.1 Å². The molecule has 1 aliphatic heterocycles. The lowest BCUT2D eigenvalue weighted by molar-refractivity contribution is -0.164. The van der Waals surface area contributed by atoms with E-state index in [1.54, 1.807) is 58.7 Å². The van der Waals surface area contributed by atoms with Crippen LogP contribution in [0.25, 0.3) is 10.4 Å². The Morgan fingerprint density at radius 2 is 1.61 bits per heavy atom. The number of nitriles is 1. The van der Waals surface area contributed by atoms with E-state index < -0.39 is 17.5 Å². The first-order valence-corrected chi connectivity index (χ1v) is 24.4. The highest BCUT2D eigenvalue weighted by Gasteiger charge is 2.64. The average molecular weight is 954 g/mol. The second kappa shape index (κ2) is 21.6. The Morgan fingerprint density at radius 3 is 2.24 bits per heavy atom. The normalized spacial score (nSPS) is 19.3. The summed E-state index contributed by atoms with van der Waals surface area (Å²) >= 11 is 7.83. The molecule has 1 aromatic heterocycles. The van der Waals surface area contributed by atoms with E-state index in [0.717, 1.165) is 41.0 Å². The van der Waals surface area contributed by atoms with Crippen LogP contribution in [-0.2, 0) is 19.1 Å². The van der Waals surface area contributed by atoms with Gasteiger partial charge in [0.1, 0.15) is 42.4 Å². The summed E-state index contributed by atoms with van der Waals surface area (Å²) in [6.07, 6.45) is 3.34. The first-order chi connectivity index (χ1) is 31.7. The topological polar surface area (TPSA) is 172 Å². The van der Waals surface area contributed by atoms with Crippen LogP contribution < -0.4 is 25.4 Å². The third-order valence-electron chi connectivity index (χ3n) is 13.0. The predicted molar refractivity (Wildman–Crippen MR) is 261 cm³/mol. The van der Waals surface area contributed by atoms with E-state index >= 15 is 0 Å². The molecule has 0 spiro atoms. The Kier molecular flexibility index (Phi) is 16.4. The van der Waals surface area contributed by atoms with E-state index in [4.69, 9.17) is 25.8 Å². The first kappa shape index (κ1) is 50.9. The minimum Gasteiger partial charge on any atom is -0.494 e. The number of benzene rings is 3. The van der Waals surface area contributed by atoms with Gasteiger partial charge in [0.2, 0.25) is 17.7 Å². The van der Waals surface area contributed by atoms with E-state index in [2.05, 4.69) is 54.7 Å². The number of ether oxygens (including phenoxy) is 3. The highest BCUT2D eigenvalue weighted by atomic mass is 35.5. The number of carbonyl (C=O) groups excluding carboxylic acids is 4. The summed E-state index contributed by atoms with van der Waals surface area (Å²) in [6.45, 7) is 19.0. The van der Waals surface area contributed by atoms with Crippen molar-refractivity contribution >= 4 is 46.6 Å². The monoisotopic (exact) mass is 952 g/mol. The smallest absolute Gasteiger partial charge is 0.251 e. The van der Waals surface area contributed by atoms with Gasteiger partial charge in [0, 0.05) is 41.7 Å². The molecular formula is C52H65ClN6O7S. The van der Waals surface area contributed by atoms with Crippen LogP contribution in [0.1, 0.15) is 121 Å². The van der Waals surface area contributed by atoms with Gasteiger partial charge >= 0.3 is 0 Å². The van der Waals surface area contributed by atoms with Crippen molar-refractivity contribution in [2.45, 2.75) is 125 Å². The second-order valence-electron chi connectivity index (χ2n) is 20.0. The van der Waals surface area contributed by atoms with Crippen LogP contribution in [0.5, 0.6) is 11.5 Å². The number of thiazole rings is 1. The maximum atomic E-state index is 14.0. The molecule has 4 aromatic rings. The number of halogens is 1. The van der Waals surface area contributed by atoms with Crippen molar-refractivity contribution in [2.75, 3.05) is 26.4 Å². The summed E-state index contributed by atoms with van der Waals surface area (Å²) in [4.78, 5) is 61.1. The molecule has 1 aliphatic carbocycles. The number of likely N-dealkylation sites (tertiary alicyclic amines) is 1. The molecule has 0 radical (unpaired) electrons. The van der Waals surface area contributed by atoms with Gasteiger partial charge in [0.05, 0.1) is 39.3 Å². The van der Waals surface area contributed by atoms with Crippen LogP contribution in [0.3, 0.4) is 0 Å². The van der Waals surface area contributed by atoms with Crippen LogP contribution in [0.15, 0.2) is 72.2 Å². The van der Waals surface area contributed by atoms with E-state index in [9.17, 15) is 24.4 Å². The van der Waals surface area contributed by atoms with Crippen LogP contribution in [0.2, 0.25) is 5.02 Å². The minimum atomic E-state index is -0.838. The number of unbranched alkanes of at least 4 members (excludes halogenated alkanes) is 2. The molecule has 6 rings (SSSR count). The summed E-state index contributed by atoms with van der Waals surface area (Å²) in [5.41, 5.74) is 4.40. The molecule has 15 heteroatoms. The van der Waals surface area contributed by atoms with Gasteiger partial charge in [-0.05, 0) is 98.9 Å². The number of aromatic nitrogens is 1. The molecule has 1 saturated heterocycles. The van der Waals surface area contributed by atoms with Crippen molar-refractivity contribution in [3.63, 3.8) is 0 Å². The zero-order chi connectivity index (χ0) is 48.7. The summed E-state index contributed by atoms with van der Waals surface area (Å²) in [5.74, 6) is 0.185. The van der Waals surface area contributed by atoms with E-state index in [1.807, 2.05) is 64.4 Å². The largest absolute Gasteiger partial charge is 0.494 e. The SMILES string of the molecule is Cc1ncsc1-c1ccc([C@H](C)NC(=O)[C@@H]2CCCN2C(=O)[C@@H](NC(=O)COCCCCCOc2ccc(C(=O)NC3C(C)(C)C(Oc4ccc(C#N)c(Cl)c4)C3(C)C)cc2)C(C)(C)C)cc1. The summed E-state index contributed by atoms with van der Waals surface area (Å²) in [7, 11) is 0. The standard InChI is InChI=1S/C52H65ClN6O7S/c1-32(34-15-17-35(18-16-34)43-33(2)55-31-67-43)56-46(62)41-14-13-25-59(41)47(63)44(50(3,4)5)57-42(60)30-64-26-11-10-12-27-65-38-22-19-36(20-23-38)45(61)58-48-51(6,7)49(52(48,8)9)66-39-24-21-37(29-54)40(53)28-39/h15-24,28,31-32,41,44,48-49H,10-14,25-27,30H2,1-9H3,(H,56,62)(H,57,60)(H,58,61)/t32-,41-,44+,48?,49?/m0/s1. The first-order valence-electron chi connectivity index (χ1n) is 23.1. The fourth-order valence-electron chi connectivity index (χ4n) is 9.57. The minimum absolute atomic E-state index is 0.162. The number of hydrogen-bond acceptors (Lipinski definition) is 10. The van der Waals surface area contributed by atoms with Crippen molar-refractivity contribution in [1.82, 2.24) is 25.8 Å². The average Bonchev–Trinajstić information content (AvgIpc) is 3.96. The number of amides is 4. The molecule has 13 nitrogen and oxygen atoms in total. The van der Waals surface area contributed by atoms with Gasteiger partial charge in [-0.15, -0.1) is 11.3 Å². The van der Waals surface area contributed by atoms with Gasteiger partial charge in [-0.25, -0.2) is 4.98 Å².